The molecular weight excluding hydrogens is 447 g/mol. The maximum atomic E-state index is 13.6. The zero-order valence-corrected chi connectivity index (χ0v) is 20.4. The van der Waals surface area contributed by atoms with Gasteiger partial charge >= 0.3 is 0 Å². The van der Waals surface area contributed by atoms with E-state index in [0.29, 0.717) is 18.7 Å². The van der Waals surface area contributed by atoms with Gasteiger partial charge in [0, 0.05) is 23.0 Å². The predicted octanol–water partition coefficient (Wildman–Crippen LogP) is 6.20. The van der Waals surface area contributed by atoms with Gasteiger partial charge in [0.05, 0.1) is 6.54 Å². The van der Waals surface area contributed by atoms with Gasteiger partial charge in [0.15, 0.2) is 0 Å². The van der Waals surface area contributed by atoms with Gasteiger partial charge in [-0.1, -0.05) is 55.2 Å². The first-order chi connectivity index (χ1) is 16.5. The Balaban J connectivity index is 1.57. The van der Waals surface area contributed by atoms with Crippen LogP contribution in [0.5, 0.6) is 0 Å². The summed E-state index contributed by atoms with van der Waals surface area (Å²) >= 11 is 1.60. The molecule has 1 aliphatic carbocycles. The van der Waals surface area contributed by atoms with Crippen molar-refractivity contribution in [1.82, 2.24) is 9.80 Å². The van der Waals surface area contributed by atoms with Crippen LogP contribution in [0.1, 0.15) is 58.5 Å². The molecule has 34 heavy (non-hydrogen) atoms. The Morgan fingerprint density at radius 3 is 2.29 bits per heavy atom. The van der Waals surface area contributed by atoms with Crippen molar-refractivity contribution in [2.75, 3.05) is 6.54 Å². The number of aryl methyl sites for hydroxylation is 1. The second-order valence-corrected chi connectivity index (χ2v) is 10.1. The first-order valence-corrected chi connectivity index (χ1v) is 12.8. The van der Waals surface area contributed by atoms with E-state index in [1.165, 1.54) is 18.6 Å². The van der Waals surface area contributed by atoms with Crippen LogP contribution >= 0.6 is 11.3 Å². The average molecular weight is 479 g/mol. The van der Waals surface area contributed by atoms with Crippen LogP contribution in [0.2, 0.25) is 0 Å². The lowest BCUT2D eigenvalue weighted by atomic mass is 9.93. The van der Waals surface area contributed by atoms with Crippen LogP contribution < -0.4 is 0 Å². The fraction of sp³-hybridized carbons (Fsp3) is 0.357. The van der Waals surface area contributed by atoms with E-state index < -0.39 is 0 Å². The van der Waals surface area contributed by atoms with E-state index in [1.54, 1.807) is 33.3 Å². The normalized spacial score (nSPS) is 14.1. The highest BCUT2D eigenvalue weighted by atomic mass is 32.1. The van der Waals surface area contributed by atoms with Crippen molar-refractivity contribution in [2.45, 2.75) is 58.2 Å². The maximum Gasteiger partial charge on any atom is 0.254 e. The fourth-order valence-corrected chi connectivity index (χ4v) is 5.22. The van der Waals surface area contributed by atoms with Gasteiger partial charge in [-0.2, -0.15) is 0 Å². The largest absolute Gasteiger partial charge is 0.332 e. The maximum absolute atomic E-state index is 13.6. The van der Waals surface area contributed by atoms with E-state index in [2.05, 4.69) is 0 Å². The minimum Gasteiger partial charge on any atom is -0.332 e. The molecule has 1 aromatic heterocycles. The molecule has 1 fully saturated rings. The predicted molar refractivity (Wildman–Crippen MR) is 134 cm³/mol. The molecule has 2 aromatic carbocycles. The third kappa shape index (κ3) is 6.32. The highest BCUT2D eigenvalue weighted by molar-refractivity contribution is 7.09. The molecule has 0 N–H and O–H groups in total. The molecule has 4 nitrogen and oxygen atoms in total. The fourth-order valence-electron chi connectivity index (χ4n) is 4.50. The SMILES string of the molecule is Cc1ccc(C(=O)N(CC(=O)N(Cc2ccc(F)cc2)Cc2cccs2)C2CCCCC2)cc1. The van der Waals surface area contributed by atoms with Crippen molar-refractivity contribution in [2.24, 2.45) is 0 Å². The molecule has 0 saturated heterocycles. The Hall–Kier alpha value is -2.99. The summed E-state index contributed by atoms with van der Waals surface area (Å²) in [5.74, 6) is -0.478. The van der Waals surface area contributed by atoms with Gasteiger partial charge in [0.2, 0.25) is 5.91 Å². The molecular formula is C28H31FN2O2S. The standard InChI is InChI=1S/C28H31FN2O2S/c1-21-9-13-23(14-10-21)28(33)31(25-6-3-2-4-7-25)20-27(32)30(19-26-8-5-17-34-26)18-22-11-15-24(29)16-12-22/h5,8-17,25H,2-4,6-7,18-20H2,1H3. The number of nitrogens with zero attached hydrogens (tertiary/aromatic N) is 2. The van der Waals surface area contributed by atoms with Crippen LogP contribution in [0, 0.1) is 12.7 Å². The van der Waals surface area contributed by atoms with Gasteiger partial charge < -0.3 is 9.80 Å². The van der Waals surface area contributed by atoms with Gasteiger partial charge in [-0.05, 0) is 61.0 Å². The molecule has 1 saturated carbocycles. The molecule has 0 atom stereocenters. The number of hydrogen-bond donors (Lipinski definition) is 0. The number of rotatable bonds is 8. The van der Waals surface area contributed by atoms with Crippen LogP contribution in [0.4, 0.5) is 4.39 Å². The summed E-state index contributed by atoms with van der Waals surface area (Å²) in [6, 6.07) is 17.9. The highest BCUT2D eigenvalue weighted by Crippen LogP contribution is 2.25. The van der Waals surface area contributed by atoms with Crippen LogP contribution in [0.15, 0.2) is 66.0 Å². The minimum absolute atomic E-state index is 0.0456. The summed E-state index contributed by atoms with van der Waals surface area (Å²) in [5.41, 5.74) is 2.57. The summed E-state index contributed by atoms with van der Waals surface area (Å²) in [7, 11) is 0. The van der Waals surface area contributed by atoms with Crippen molar-refractivity contribution < 1.29 is 14.0 Å². The number of thiophene rings is 1. The lowest BCUT2D eigenvalue weighted by Crippen LogP contribution is -2.48. The number of carbonyl (C=O) groups is 2. The lowest BCUT2D eigenvalue weighted by molar-refractivity contribution is -0.133. The number of amides is 2. The molecule has 1 heterocycles. The van der Waals surface area contributed by atoms with E-state index in [0.717, 1.165) is 41.7 Å². The zero-order valence-electron chi connectivity index (χ0n) is 19.6. The van der Waals surface area contributed by atoms with E-state index in [-0.39, 0.29) is 30.2 Å². The Morgan fingerprint density at radius 1 is 0.941 bits per heavy atom. The van der Waals surface area contributed by atoms with E-state index in [4.69, 9.17) is 0 Å². The first-order valence-electron chi connectivity index (χ1n) is 11.9. The molecule has 2 amide bonds. The molecule has 4 rings (SSSR count). The van der Waals surface area contributed by atoms with Crippen molar-refractivity contribution in [3.8, 4) is 0 Å². The van der Waals surface area contributed by atoms with Crippen molar-refractivity contribution in [3.63, 3.8) is 0 Å². The summed E-state index contributed by atoms with van der Waals surface area (Å²) in [6.07, 6.45) is 5.17. The van der Waals surface area contributed by atoms with Crippen LogP contribution in [-0.2, 0) is 17.9 Å². The number of hydrogen-bond acceptors (Lipinski definition) is 3. The Bertz CT molecular complexity index is 1070. The second-order valence-electron chi connectivity index (χ2n) is 9.05. The molecule has 0 spiro atoms. The summed E-state index contributed by atoms with van der Waals surface area (Å²) in [5, 5.41) is 1.99. The highest BCUT2D eigenvalue weighted by Gasteiger charge is 2.30. The average Bonchev–Trinajstić information content (AvgIpc) is 3.37. The molecule has 6 heteroatoms. The summed E-state index contributed by atoms with van der Waals surface area (Å²) in [6.45, 7) is 2.87. The van der Waals surface area contributed by atoms with Gasteiger partial charge in [-0.15, -0.1) is 11.3 Å². The zero-order chi connectivity index (χ0) is 23.9. The van der Waals surface area contributed by atoms with Crippen LogP contribution in [0.25, 0.3) is 0 Å². The Labute approximate surface area is 205 Å². The number of carbonyl (C=O) groups excluding carboxylic acids is 2. The van der Waals surface area contributed by atoms with E-state index >= 15 is 0 Å². The lowest BCUT2D eigenvalue weighted by Gasteiger charge is -2.35. The quantitative estimate of drug-likeness (QED) is 0.387. The summed E-state index contributed by atoms with van der Waals surface area (Å²) < 4.78 is 13.4. The van der Waals surface area contributed by atoms with Gasteiger partial charge in [-0.25, -0.2) is 4.39 Å². The van der Waals surface area contributed by atoms with Gasteiger partial charge in [-0.3, -0.25) is 9.59 Å². The van der Waals surface area contributed by atoms with E-state index in [1.807, 2.05) is 48.7 Å². The molecule has 0 radical (unpaired) electrons. The molecule has 1 aliphatic rings. The second kappa shape index (κ2) is 11.4. The van der Waals surface area contributed by atoms with Gasteiger partial charge in [0.25, 0.3) is 5.91 Å². The van der Waals surface area contributed by atoms with Crippen molar-refractivity contribution >= 4 is 23.2 Å². The van der Waals surface area contributed by atoms with Crippen LogP contribution in [-0.4, -0.2) is 34.2 Å². The Morgan fingerprint density at radius 2 is 1.65 bits per heavy atom. The molecule has 3 aromatic rings. The Kier molecular flexibility index (Phi) is 8.12. The third-order valence-electron chi connectivity index (χ3n) is 6.45. The van der Waals surface area contributed by atoms with Gasteiger partial charge in [0.1, 0.15) is 12.4 Å². The molecule has 0 bridgehead atoms. The molecule has 178 valence electrons. The topological polar surface area (TPSA) is 40.6 Å². The monoisotopic (exact) mass is 478 g/mol. The minimum atomic E-state index is -0.299. The smallest absolute Gasteiger partial charge is 0.254 e. The summed E-state index contributed by atoms with van der Waals surface area (Å²) in [4.78, 5) is 31.8. The van der Waals surface area contributed by atoms with Crippen LogP contribution in [0.3, 0.4) is 0 Å². The van der Waals surface area contributed by atoms with E-state index in [9.17, 15) is 14.0 Å². The number of halogens is 1. The first kappa shape index (κ1) is 24.1. The van der Waals surface area contributed by atoms with Crippen molar-refractivity contribution in [3.05, 3.63) is 93.4 Å². The molecule has 0 aliphatic heterocycles. The van der Waals surface area contributed by atoms with Crippen molar-refractivity contribution in [1.29, 1.82) is 0 Å². The molecule has 0 unspecified atom stereocenters. The third-order valence-corrected chi connectivity index (χ3v) is 7.31. The number of benzene rings is 2.